The maximum Gasteiger partial charge on any atom is 0.193 e. The normalized spacial score (nSPS) is 19.1. The molecule has 0 amide bonds. The lowest BCUT2D eigenvalue weighted by atomic mass is 10.1. The molecule has 0 bridgehead atoms. The van der Waals surface area contributed by atoms with Crippen LogP contribution in [0.5, 0.6) is 11.5 Å². The number of methoxy groups -OCH3 is 1. The minimum absolute atomic E-state index is 0.322. The number of guanidine groups is 1. The first-order valence-electron chi connectivity index (χ1n) is 10.6. The molecule has 0 radical (unpaired) electrons. The van der Waals surface area contributed by atoms with Gasteiger partial charge < -0.3 is 24.4 Å². The van der Waals surface area contributed by atoms with Gasteiger partial charge >= 0.3 is 0 Å². The Kier molecular flexibility index (Phi) is 7.83. The molecular weight excluding hydrogens is 354 g/mol. The third kappa shape index (κ3) is 5.53. The maximum absolute atomic E-state index is 6.31. The molecule has 0 spiro atoms. The topological polar surface area (TPSA) is 55.3 Å². The van der Waals surface area contributed by atoms with E-state index >= 15 is 0 Å². The van der Waals surface area contributed by atoms with Crippen molar-refractivity contribution in [1.29, 1.82) is 0 Å². The van der Waals surface area contributed by atoms with Crippen molar-refractivity contribution in [2.45, 2.75) is 64.2 Å². The molecule has 1 saturated carbocycles. The van der Waals surface area contributed by atoms with Crippen molar-refractivity contribution in [3.63, 3.8) is 0 Å². The van der Waals surface area contributed by atoms with Gasteiger partial charge in [0.05, 0.1) is 19.3 Å². The Morgan fingerprint density at radius 2 is 1.89 bits per heavy atom. The monoisotopic (exact) mass is 389 g/mol. The number of ether oxygens (including phenoxy) is 3. The molecule has 1 aromatic rings. The number of rotatable bonds is 7. The van der Waals surface area contributed by atoms with Crippen LogP contribution < -0.4 is 14.8 Å². The van der Waals surface area contributed by atoms with Gasteiger partial charge in [0.15, 0.2) is 5.96 Å². The van der Waals surface area contributed by atoms with Crippen molar-refractivity contribution >= 4 is 5.96 Å². The van der Waals surface area contributed by atoms with E-state index in [1.165, 1.54) is 12.8 Å². The van der Waals surface area contributed by atoms with E-state index < -0.39 is 0 Å². The standard InChI is InChI=1S/C22H35N3O3/c1-4-27-18-11-13-25(14-12-18)22(23-2)24-16-17-9-10-20(26-3)15-21(17)28-19-7-5-6-8-19/h9-10,15,18-19H,4-8,11-14,16H2,1-3H3,(H,23,24). The molecule has 1 aliphatic carbocycles. The van der Waals surface area contributed by atoms with Gasteiger partial charge in [-0.15, -0.1) is 0 Å². The molecule has 2 fully saturated rings. The summed E-state index contributed by atoms with van der Waals surface area (Å²) in [7, 11) is 3.54. The van der Waals surface area contributed by atoms with E-state index in [0.717, 1.165) is 68.4 Å². The highest BCUT2D eigenvalue weighted by Crippen LogP contribution is 2.30. The van der Waals surface area contributed by atoms with E-state index in [0.29, 0.717) is 18.8 Å². The number of likely N-dealkylation sites (tertiary alicyclic amines) is 1. The van der Waals surface area contributed by atoms with Crippen LogP contribution in [-0.4, -0.2) is 56.9 Å². The van der Waals surface area contributed by atoms with Crippen molar-refractivity contribution in [2.24, 2.45) is 4.99 Å². The Hall–Kier alpha value is -1.95. The summed E-state index contributed by atoms with van der Waals surface area (Å²) < 4.78 is 17.5. The molecular formula is C22H35N3O3. The fraction of sp³-hybridized carbons (Fsp3) is 0.682. The zero-order valence-electron chi connectivity index (χ0n) is 17.6. The maximum atomic E-state index is 6.31. The lowest BCUT2D eigenvalue weighted by Gasteiger charge is -2.34. The average molecular weight is 390 g/mol. The zero-order chi connectivity index (χ0) is 19.8. The first-order valence-corrected chi connectivity index (χ1v) is 10.6. The minimum atomic E-state index is 0.322. The van der Waals surface area contributed by atoms with Gasteiger partial charge in [0.1, 0.15) is 11.5 Å². The second kappa shape index (κ2) is 10.6. The molecule has 2 aliphatic rings. The summed E-state index contributed by atoms with van der Waals surface area (Å²) in [6.07, 6.45) is 7.59. The molecule has 1 aromatic carbocycles. The van der Waals surface area contributed by atoms with E-state index in [9.17, 15) is 0 Å². The Morgan fingerprint density at radius 1 is 1.14 bits per heavy atom. The second-order valence-corrected chi connectivity index (χ2v) is 7.54. The lowest BCUT2D eigenvalue weighted by Crippen LogP contribution is -2.46. The highest BCUT2D eigenvalue weighted by atomic mass is 16.5. The van der Waals surface area contributed by atoms with Crippen LogP contribution >= 0.6 is 0 Å². The highest BCUT2D eigenvalue weighted by Gasteiger charge is 2.22. The Morgan fingerprint density at radius 3 is 2.54 bits per heavy atom. The number of nitrogens with one attached hydrogen (secondary N) is 1. The number of piperidine rings is 1. The number of hydrogen-bond donors (Lipinski definition) is 1. The number of aliphatic imine (C=N–C) groups is 1. The molecule has 0 atom stereocenters. The summed E-state index contributed by atoms with van der Waals surface area (Å²) in [5.74, 6) is 2.70. The van der Waals surface area contributed by atoms with Gasteiger partial charge in [-0.05, 0) is 57.6 Å². The van der Waals surface area contributed by atoms with Crippen molar-refractivity contribution < 1.29 is 14.2 Å². The zero-order valence-corrected chi connectivity index (χ0v) is 17.6. The van der Waals surface area contributed by atoms with Crippen LogP contribution in [0, 0.1) is 0 Å². The van der Waals surface area contributed by atoms with Crippen LogP contribution in [0.15, 0.2) is 23.2 Å². The van der Waals surface area contributed by atoms with E-state index in [1.807, 2.05) is 19.2 Å². The molecule has 0 unspecified atom stereocenters. The summed E-state index contributed by atoms with van der Waals surface area (Å²) in [5.41, 5.74) is 1.14. The van der Waals surface area contributed by atoms with Gasteiger partial charge in [0, 0.05) is 44.9 Å². The van der Waals surface area contributed by atoms with E-state index in [4.69, 9.17) is 14.2 Å². The molecule has 1 N–H and O–H groups in total. The van der Waals surface area contributed by atoms with Gasteiger partial charge in [-0.25, -0.2) is 0 Å². The van der Waals surface area contributed by atoms with Gasteiger partial charge in [-0.1, -0.05) is 0 Å². The highest BCUT2D eigenvalue weighted by molar-refractivity contribution is 5.80. The predicted octanol–water partition coefficient (Wildman–Crippen LogP) is 3.59. The molecule has 1 saturated heterocycles. The van der Waals surface area contributed by atoms with Crippen LogP contribution in [0.1, 0.15) is 51.0 Å². The lowest BCUT2D eigenvalue weighted by molar-refractivity contribution is 0.0263. The van der Waals surface area contributed by atoms with Gasteiger partial charge in [0.2, 0.25) is 0 Å². The third-order valence-corrected chi connectivity index (χ3v) is 5.66. The summed E-state index contributed by atoms with van der Waals surface area (Å²) >= 11 is 0. The van der Waals surface area contributed by atoms with Crippen LogP contribution in [0.4, 0.5) is 0 Å². The average Bonchev–Trinajstić information content (AvgIpc) is 3.23. The largest absolute Gasteiger partial charge is 0.497 e. The number of nitrogens with zero attached hydrogens (tertiary/aromatic N) is 2. The third-order valence-electron chi connectivity index (χ3n) is 5.66. The number of hydrogen-bond acceptors (Lipinski definition) is 4. The van der Waals surface area contributed by atoms with Crippen molar-refractivity contribution in [3.05, 3.63) is 23.8 Å². The minimum Gasteiger partial charge on any atom is -0.497 e. The second-order valence-electron chi connectivity index (χ2n) is 7.54. The van der Waals surface area contributed by atoms with Gasteiger partial charge in [-0.2, -0.15) is 0 Å². The summed E-state index contributed by atoms with van der Waals surface area (Å²) in [6.45, 7) is 5.48. The van der Waals surface area contributed by atoms with Crippen molar-refractivity contribution in [3.8, 4) is 11.5 Å². The first kappa shape index (κ1) is 20.8. The van der Waals surface area contributed by atoms with E-state index in [2.05, 4.69) is 28.2 Å². The number of benzene rings is 1. The summed E-state index contributed by atoms with van der Waals surface area (Å²) in [6, 6.07) is 6.09. The fourth-order valence-corrected chi connectivity index (χ4v) is 4.08. The molecule has 156 valence electrons. The SMILES string of the molecule is CCOC1CCN(C(=NC)NCc2ccc(OC)cc2OC2CCCC2)CC1. The quantitative estimate of drug-likeness (QED) is 0.570. The first-order chi connectivity index (χ1) is 13.7. The molecule has 6 heteroatoms. The van der Waals surface area contributed by atoms with Gasteiger partial charge in [-0.3, -0.25) is 4.99 Å². The Labute approximate surface area is 169 Å². The van der Waals surface area contributed by atoms with Crippen LogP contribution in [0.25, 0.3) is 0 Å². The Balaban J connectivity index is 1.60. The summed E-state index contributed by atoms with van der Waals surface area (Å²) in [4.78, 5) is 6.81. The van der Waals surface area contributed by atoms with Crippen LogP contribution in [-0.2, 0) is 11.3 Å². The molecule has 28 heavy (non-hydrogen) atoms. The van der Waals surface area contributed by atoms with E-state index in [1.54, 1.807) is 7.11 Å². The fourth-order valence-electron chi connectivity index (χ4n) is 4.08. The Bertz CT molecular complexity index is 636. The summed E-state index contributed by atoms with van der Waals surface area (Å²) in [5, 5.41) is 3.52. The van der Waals surface area contributed by atoms with E-state index in [-0.39, 0.29) is 0 Å². The molecule has 1 aliphatic heterocycles. The molecule has 6 nitrogen and oxygen atoms in total. The molecule has 0 aromatic heterocycles. The van der Waals surface area contributed by atoms with Crippen LogP contribution in [0.3, 0.4) is 0 Å². The van der Waals surface area contributed by atoms with Crippen molar-refractivity contribution in [2.75, 3.05) is 33.9 Å². The molecule has 3 rings (SSSR count). The smallest absolute Gasteiger partial charge is 0.193 e. The predicted molar refractivity (Wildman–Crippen MR) is 112 cm³/mol. The van der Waals surface area contributed by atoms with Crippen LogP contribution in [0.2, 0.25) is 0 Å². The molecule has 1 heterocycles. The van der Waals surface area contributed by atoms with Gasteiger partial charge in [0.25, 0.3) is 0 Å². The van der Waals surface area contributed by atoms with Crippen molar-refractivity contribution in [1.82, 2.24) is 10.2 Å².